The van der Waals surface area contributed by atoms with Crippen LogP contribution in [0.3, 0.4) is 0 Å². The molecule has 0 saturated heterocycles. The van der Waals surface area contributed by atoms with Crippen LogP contribution in [-0.4, -0.2) is 13.7 Å². The van der Waals surface area contributed by atoms with Crippen LogP contribution in [0.1, 0.15) is 0 Å². The predicted molar refractivity (Wildman–Crippen MR) is 232 cm³/mol. The van der Waals surface area contributed by atoms with E-state index < -0.39 is 0 Å². The van der Waals surface area contributed by atoms with Crippen LogP contribution in [-0.2, 0) is 0 Å². The first-order valence-corrected chi connectivity index (χ1v) is 18.9. The second kappa shape index (κ2) is 11.6. The van der Waals surface area contributed by atoms with Gasteiger partial charge in [0.15, 0.2) is 0 Å². The minimum atomic E-state index is 1.14. The van der Waals surface area contributed by atoms with Crippen LogP contribution < -0.4 is 0 Å². The fourth-order valence-electron chi connectivity index (χ4n) is 9.14. The second-order valence-electron chi connectivity index (χ2n) is 14.6. The zero-order valence-corrected chi connectivity index (χ0v) is 29.9. The molecule has 0 amide bonds. The number of para-hydroxylation sites is 4. The Morgan fingerprint density at radius 2 is 0.709 bits per heavy atom. The van der Waals surface area contributed by atoms with E-state index >= 15 is 0 Å². The summed E-state index contributed by atoms with van der Waals surface area (Å²) in [6.45, 7) is 0. The van der Waals surface area contributed by atoms with Crippen LogP contribution >= 0.6 is 0 Å². The summed E-state index contributed by atoms with van der Waals surface area (Å²) in [5.41, 5.74) is 13.1. The first-order chi connectivity index (χ1) is 27.3. The molecule has 9 aromatic carbocycles. The van der Waals surface area contributed by atoms with Crippen molar-refractivity contribution in [1.82, 2.24) is 13.7 Å². The average molecular weight is 700 g/mol. The van der Waals surface area contributed by atoms with E-state index in [-0.39, 0.29) is 0 Å². The zero-order valence-electron chi connectivity index (χ0n) is 29.9. The van der Waals surface area contributed by atoms with Gasteiger partial charge in [0, 0.05) is 49.4 Å². The molecule has 0 spiro atoms. The summed E-state index contributed by atoms with van der Waals surface area (Å²) < 4.78 is 7.27. The highest BCUT2D eigenvalue weighted by Gasteiger charge is 2.19. The SMILES string of the molecule is c1ccc(-n2c3ccccc3c3cc(-c4cccc(-n5c6ccccc6c6cc7c8ccccc8n(-c8ccc9ccccc9c8)c7cc65)c4)ccc32)cc1. The Morgan fingerprint density at radius 3 is 1.38 bits per heavy atom. The molecule has 0 radical (unpaired) electrons. The van der Waals surface area contributed by atoms with E-state index in [0.717, 1.165) is 11.4 Å². The Bertz CT molecular complexity index is 3490. The van der Waals surface area contributed by atoms with E-state index in [0.29, 0.717) is 0 Å². The molecule has 12 rings (SSSR count). The second-order valence-corrected chi connectivity index (χ2v) is 14.6. The molecule has 55 heavy (non-hydrogen) atoms. The van der Waals surface area contributed by atoms with Crippen molar-refractivity contribution in [2.45, 2.75) is 0 Å². The normalized spacial score (nSPS) is 12.0. The lowest BCUT2D eigenvalue weighted by molar-refractivity contribution is 1.17. The molecule has 256 valence electrons. The van der Waals surface area contributed by atoms with Crippen molar-refractivity contribution in [3.05, 3.63) is 200 Å². The molecule has 3 aromatic heterocycles. The fourth-order valence-corrected chi connectivity index (χ4v) is 9.14. The number of fused-ring (bicyclic) bond motifs is 10. The van der Waals surface area contributed by atoms with Crippen molar-refractivity contribution >= 4 is 76.2 Å². The molecule has 3 heteroatoms. The van der Waals surface area contributed by atoms with Gasteiger partial charge in [-0.15, -0.1) is 0 Å². The summed E-state index contributed by atoms with van der Waals surface area (Å²) >= 11 is 0. The molecular formula is C52H33N3. The summed E-state index contributed by atoms with van der Waals surface area (Å²) in [6, 6.07) is 73.3. The summed E-state index contributed by atoms with van der Waals surface area (Å²) in [6.07, 6.45) is 0. The molecule has 0 bridgehead atoms. The topological polar surface area (TPSA) is 14.8 Å². The molecular weight excluding hydrogens is 667 g/mol. The van der Waals surface area contributed by atoms with Gasteiger partial charge < -0.3 is 13.7 Å². The first kappa shape index (κ1) is 30.1. The Balaban J connectivity index is 1.08. The van der Waals surface area contributed by atoms with Gasteiger partial charge in [-0.2, -0.15) is 0 Å². The van der Waals surface area contributed by atoms with Crippen LogP contribution in [0.4, 0.5) is 0 Å². The largest absolute Gasteiger partial charge is 0.309 e. The Kier molecular flexibility index (Phi) is 6.34. The lowest BCUT2D eigenvalue weighted by Crippen LogP contribution is -1.96. The Hall–Kier alpha value is -7.36. The van der Waals surface area contributed by atoms with E-state index in [4.69, 9.17) is 0 Å². The molecule has 3 heterocycles. The van der Waals surface area contributed by atoms with Crippen LogP contribution in [0.25, 0.3) is 104 Å². The van der Waals surface area contributed by atoms with Crippen LogP contribution in [0.15, 0.2) is 200 Å². The highest BCUT2D eigenvalue weighted by atomic mass is 15.0. The quantitative estimate of drug-likeness (QED) is 0.174. The van der Waals surface area contributed by atoms with Gasteiger partial charge in [0.1, 0.15) is 0 Å². The number of aromatic nitrogens is 3. The van der Waals surface area contributed by atoms with Gasteiger partial charge in [0.2, 0.25) is 0 Å². The van der Waals surface area contributed by atoms with E-state index in [2.05, 4.69) is 214 Å². The zero-order chi connectivity index (χ0) is 36.0. The molecule has 0 aliphatic rings. The Labute approximate surface area is 317 Å². The summed E-state index contributed by atoms with van der Waals surface area (Å²) in [5.74, 6) is 0. The minimum absolute atomic E-state index is 1.14. The summed E-state index contributed by atoms with van der Waals surface area (Å²) in [4.78, 5) is 0. The van der Waals surface area contributed by atoms with Crippen molar-refractivity contribution in [3.8, 4) is 28.2 Å². The number of rotatable bonds is 4. The van der Waals surface area contributed by atoms with E-state index in [1.807, 2.05) is 0 Å². The van der Waals surface area contributed by atoms with E-state index in [9.17, 15) is 0 Å². The molecule has 12 aromatic rings. The van der Waals surface area contributed by atoms with Crippen molar-refractivity contribution < 1.29 is 0 Å². The monoisotopic (exact) mass is 699 g/mol. The third-order valence-corrected chi connectivity index (χ3v) is 11.6. The molecule has 0 unspecified atom stereocenters. The standard InChI is InChI=1S/C52H33N3/c1-2-16-38(17-3-1)53-47-22-9-6-19-41(47)44-31-37(26-28-50(44)53)36-15-12-18-39(30-36)54-48-23-10-7-20-42(48)45-32-46-43-21-8-11-24-49(43)55(52(46)33-51(45)54)40-27-25-34-13-4-5-14-35(34)29-40/h1-33H. The molecule has 0 aliphatic heterocycles. The van der Waals surface area contributed by atoms with Crippen LogP contribution in [0.5, 0.6) is 0 Å². The molecule has 0 saturated carbocycles. The van der Waals surface area contributed by atoms with Gasteiger partial charge >= 0.3 is 0 Å². The molecule has 0 fully saturated rings. The van der Waals surface area contributed by atoms with E-state index in [1.54, 1.807) is 0 Å². The third-order valence-electron chi connectivity index (χ3n) is 11.6. The van der Waals surface area contributed by atoms with Crippen molar-refractivity contribution in [3.63, 3.8) is 0 Å². The Morgan fingerprint density at radius 1 is 0.218 bits per heavy atom. The lowest BCUT2D eigenvalue weighted by Gasteiger charge is -2.12. The van der Waals surface area contributed by atoms with Crippen molar-refractivity contribution in [2.24, 2.45) is 0 Å². The molecule has 0 N–H and O–H groups in total. The molecule has 0 aliphatic carbocycles. The number of nitrogens with zero attached hydrogens (tertiary/aromatic N) is 3. The van der Waals surface area contributed by atoms with Gasteiger partial charge in [-0.05, 0) is 101 Å². The smallest absolute Gasteiger partial charge is 0.0562 e. The van der Waals surface area contributed by atoms with Crippen molar-refractivity contribution in [2.75, 3.05) is 0 Å². The van der Waals surface area contributed by atoms with Gasteiger partial charge in [-0.25, -0.2) is 0 Å². The highest BCUT2D eigenvalue weighted by Crippen LogP contribution is 2.41. The van der Waals surface area contributed by atoms with Gasteiger partial charge in [-0.1, -0.05) is 121 Å². The molecule has 3 nitrogen and oxygen atoms in total. The van der Waals surface area contributed by atoms with E-state index in [1.165, 1.54) is 93.0 Å². The third kappa shape index (κ3) is 4.44. The fraction of sp³-hybridized carbons (Fsp3) is 0. The number of benzene rings is 9. The molecule has 0 atom stereocenters. The summed E-state index contributed by atoms with van der Waals surface area (Å²) in [5, 5.41) is 10.0. The first-order valence-electron chi connectivity index (χ1n) is 18.9. The minimum Gasteiger partial charge on any atom is -0.309 e. The lowest BCUT2D eigenvalue weighted by atomic mass is 10.0. The predicted octanol–water partition coefficient (Wildman–Crippen LogP) is 13.8. The number of hydrogen-bond donors (Lipinski definition) is 0. The van der Waals surface area contributed by atoms with Gasteiger partial charge in [0.05, 0.1) is 33.1 Å². The maximum atomic E-state index is 2.45. The highest BCUT2D eigenvalue weighted by molar-refractivity contribution is 6.19. The number of hydrogen-bond acceptors (Lipinski definition) is 0. The van der Waals surface area contributed by atoms with Crippen LogP contribution in [0.2, 0.25) is 0 Å². The maximum absolute atomic E-state index is 2.45. The average Bonchev–Trinajstić information content (AvgIpc) is 3.88. The maximum Gasteiger partial charge on any atom is 0.0562 e. The van der Waals surface area contributed by atoms with Crippen molar-refractivity contribution in [1.29, 1.82) is 0 Å². The van der Waals surface area contributed by atoms with Crippen LogP contribution in [0, 0.1) is 0 Å². The van der Waals surface area contributed by atoms with Gasteiger partial charge in [-0.3, -0.25) is 0 Å². The van der Waals surface area contributed by atoms with Gasteiger partial charge in [0.25, 0.3) is 0 Å². The summed E-state index contributed by atoms with van der Waals surface area (Å²) in [7, 11) is 0.